The maximum absolute atomic E-state index is 11.8. The van der Waals surface area contributed by atoms with Crippen LogP contribution in [-0.4, -0.2) is 32.5 Å². The van der Waals surface area contributed by atoms with Crippen LogP contribution in [0.25, 0.3) is 10.8 Å². The average molecular weight is 389 g/mol. The first kappa shape index (κ1) is 20.4. The Labute approximate surface area is 172 Å². The summed E-state index contributed by atoms with van der Waals surface area (Å²) in [5.41, 5.74) is 3.00. The molecule has 0 saturated heterocycles. The fourth-order valence-electron chi connectivity index (χ4n) is 3.30. The van der Waals surface area contributed by atoms with E-state index in [0.717, 1.165) is 24.5 Å². The van der Waals surface area contributed by atoms with Gasteiger partial charge in [-0.05, 0) is 53.4 Å². The van der Waals surface area contributed by atoms with Crippen molar-refractivity contribution in [2.75, 3.05) is 20.6 Å². The van der Waals surface area contributed by atoms with Crippen LogP contribution in [0.15, 0.2) is 71.7 Å². The molecule has 5 nitrogen and oxygen atoms in total. The Kier molecular flexibility index (Phi) is 6.85. The first-order valence-electron chi connectivity index (χ1n) is 9.87. The van der Waals surface area contributed by atoms with E-state index >= 15 is 0 Å². The topological polar surface area (TPSA) is 65.5 Å². The Morgan fingerprint density at radius 1 is 1.00 bits per heavy atom. The van der Waals surface area contributed by atoms with Crippen molar-refractivity contribution in [2.24, 2.45) is 4.99 Å². The van der Waals surface area contributed by atoms with Crippen LogP contribution < -0.4 is 16.0 Å². The zero-order valence-corrected chi connectivity index (χ0v) is 17.2. The standard InChI is InChI=1S/C24H28N4O/c1-17(20-12-11-19-8-4-5-9-21(19)16-20)28-24(26-3)27-14-13-18-7-6-10-22(15-18)23(29)25-2/h4-12,15-17H,13-14H2,1-3H3,(H,25,29)(H2,26,27,28). The first-order chi connectivity index (χ1) is 14.1. The van der Waals surface area contributed by atoms with Crippen molar-refractivity contribution < 1.29 is 4.79 Å². The van der Waals surface area contributed by atoms with E-state index in [0.29, 0.717) is 5.56 Å². The van der Waals surface area contributed by atoms with E-state index in [1.54, 1.807) is 14.1 Å². The number of carbonyl (C=O) groups is 1. The molecule has 0 spiro atoms. The third kappa shape index (κ3) is 5.35. The molecule has 29 heavy (non-hydrogen) atoms. The molecular formula is C24H28N4O. The summed E-state index contributed by atoms with van der Waals surface area (Å²) < 4.78 is 0. The second-order valence-corrected chi connectivity index (χ2v) is 7.00. The van der Waals surface area contributed by atoms with Crippen molar-refractivity contribution in [3.8, 4) is 0 Å². The molecule has 3 aromatic carbocycles. The summed E-state index contributed by atoms with van der Waals surface area (Å²) in [4.78, 5) is 16.1. The zero-order valence-electron chi connectivity index (χ0n) is 17.2. The second-order valence-electron chi connectivity index (χ2n) is 7.00. The minimum atomic E-state index is -0.0681. The molecule has 0 heterocycles. The van der Waals surface area contributed by atoms with E-state index in [1.165, 1.54) is 16.3 Å². The molecule has 0 saturated carbocycles. The van der Waals surface area contributed by atoms with Gasteiger partial charge in [0.25, 0.3) is 5.91 Å². The third-order valence-electron chi connectivity index (χ3n) is 4.97. The van der Waals surface area contributed by atoms with Gasteiger partial charge in [-0.25, -0.2) is 0 Å². The Balaban J connectivity index is 1.57. The molecule has 3 N–H and O–H groups in total. The maximum atomic E-state index is 11.8. The molecule has 0 aliphatic rings. The summed E-state index contributed by atoms with van der Waals surface area (Å²) in [6.45, 7) is 2.85. The van der Waals surface area contributed by atoms with Gasteiger partial charge >= 0.3 is 0 Å². The molecule has 0 aliphatic heterocycles. The molecule has 3 aromatic rings. The lowest BCUT2D eigenvalue weighted by atomic mass is 10.0. The van der Waals surface area contributed by atoms with Crippen LogP contribution in [0.1, 0.15) is 34.5 Å². The summed E-state index contributed by atoms with van der Waals surface area (Å²) in [5.74, 6) is 0.689. The molecule has 0 radical (unpaired) electrons. The van der Waals surface area contributed by atoms with Crippen molar-refractivity contribution in [3.05, 3.63) is 83.4 Å². The van der Waals surface area contributed by atoms with Crippen LogP contribution in [0, 0.1) is 0 Å². The SMILES string of the molecule is CN=C(NCCc1cccc(C(=O)NC)c1)NC(C)c1ccc2ccccc2c1. The number of fused-ring (bicyclic) bond motifs is 1. The van der Waals surface area contributed by atoms with E-state index in [-0.39, 0.29) is 11.9 Å². The van der Waals surface area contributed by atoms with E-state index < -0.39 is 0 Å². The van der Waals surface area contributed by atoms with Gasteiger partial charge in [-0.15, -0.1) is 0 Å². The Hall–Kier alpha value is -3.34. The monoisotopic (exact) mass is 388 g/mol. The van der Waals surface area contributed by atoms with Crippen LogP contribution in [0.3, 0.4) is 0 Å². The number of hydrogen-bond acceptors (Lipinski definition) is 2. The van der Waals surface area contributed by atoms with Crippen LogP contribution >= 0.6 is 0 Å². The van der Waals surface area contributed by atoms with Gasteiger partial charge in [0.05, 0.1) is 6.04 Å². The molecule has 0 aliphatic carbocycles. The smallest absolute Gasteiger partial charge is 0.251 e. The van der Waals surface area contributed by atoms with E-state index in [2.05, 4.69) is 70.3 Å². The van der Waals surface area contributed by atoms with Gasteiger partial charge in [-0.1, -0.05) is 48.5 Å². The normalized spacial score (nSPS) is 12.4. The molecule has 0 bridgehead atoms. The number of carbonyl (C=O) groups excluding carboxylic acids is 1. The van der Waals surface area contributed by atoms with Gasteiger partial charge in [-0.2, -0.15) is 0 Å². The van der Waals surface area contributed by atoms with Crippen LogP contribution in [0.5, 0.6) is 0 Å². The molecule has 3 rings (SSSR count). The number of hydrogen-bond donors (Lipinski definition) is 3. The Morgan fingerprint density at radius 2 is 1.79 bits per heavy atom. The van der Waals surface area contributed by atoms with Crippen molar-refractivity contribution in [3.63, 3.8) is 0 Å². The number of aliphatic imine (C=N–C) groups is 1. The lowest BCUT2D eigenvalue weighted by molar-refractivity contribution is 0.0963. The van der Waals surface area contributed by atoms with E-state index in [4.69, 9.17) is 0 Å². The maximum Gasteiger partial charge on any atom is 0.251 e. The summed E-state index contributed by atoms with van der Waals surface area (Å²) in [6, 6.07) is 22.7. The molecular weight excluding hydrogens is 360 g/mol. The predicted molar refractivity (Wildman–Crippen MR) is 120 cm³/mol. The minimum Gasteiger partial charge on any atom is -0.356 e. The van der Waals surface area contributed by atoms with Gasteiger partial charge in [-0.3, -0.25) is 9.79 Å². The van der Waals surface area contributed by atoms with Crippen molar-refractivity contribution in [1.82, 2.24) is 16.0 Å². The third-order valence-corrected chi connectivity index (χ3v) is 4.97. The quantitative estimate of drug-likeness (QED) is 0.446. The van der Waals surface area contributed by atoms with Crippen molar-refractivity contribution in [1.29, 1.82) is 0 Å². The van der Waals surface area contributed by atoms with Crippen LogP contribution in [0.2, 0.25) is 0 Å². The van der Waals surface area contributed by atoms with Gasteiger partial charge in [0.2, 0.25) is 0 Å². The lowest BCUT2D eigenvalue weighted by Gasteiger charge is -2.19. The Morgan fingerprint density at radius 3 is 2.55 bits per heavy atom. The minimum absolute atomic E-state index is 0.0681. The first-order valence-corrected chi connectivity index (χ1v) is 9.87. The second kappa shape index (κ2) is 9.73. The van der Waals surface area contributed by atoms with Gasteiger partial charge in [0.1, 0.15) is 0 Å². The highest BCUT2D eigenvalue weighted by atomic mass is 16.1. The highest BCUT2D eigenvalue weighted by Crippen LogP contribution is 2.20. The summed E-state index contributed by atoms with van der Waals surface area (Å²) in [5, 5.41) is 11.9. The van der Waals surface area contributed by atoms with Gasteiger partial charge in [0, 0.05) is 26.2 Å². The van der Waals surface area contributed by atoms with Gasteiger partial charge < -0.3 is 16.0 Å². The average Bonchev–Trinajstić information content (AvgIpc) is 2.77. The molecule has 1 atom stereocenters. The number of guanidine groups is 1. The molecule has 0 aromatic heterocycles. The summed E-state index contributed by atoms with van der Waals surface area (Å²) in [7, 11) is 3.41. The molecule has 1 unspecified atom stereocenters. The highest BCUT2D eigenvalue weighted by molar-refractivity contribution is 5.94. The fourth-order valence-corrected chi connectivity index (χ4v) is 3.30. The lowest BCUT2D eigenvalue weighted by Crippen LogP contribution is -2.39. The summed E-state index contributed by atoms with van der Waals surface area (Å²) >= 11 is 0. The van der Waals surface area contributed by atoms with E-state index in [9.17, 15) is 4.79 Å². The van der Waals surface area contributed by atoms with Crippen LogP contribution in [0.4, 0.5) is 0 Å². The number of amides is 1. The molecule has 5 heteroatoms. The highest BCUT2D eigenvalue weighted by Gasteiger charge is 2.09. The number of nitrogens with one attached hydrogen (secondary N) is 3. The molecule has 0 fully saturated rings. The Bertz CT molecular complexity index is 1010. The molecule has 1 amide bonds. The number of rotatable bonds is 6. The van der Waals surface area contributed by atoms with Crippen LogP contribution in [-0.2, 0) is 6.42 Å². The largest absolute Gasteiger partial charge is 0.356 e. The fraction of sp³-hybridized carbons (Fsp3) is 0.250. The summed E-state index contributed by atoms with van der Waals surface area (Å²) in [6.07, 6.45) is 0.801. The van der Waals surface area contributed by atoms with Gasteiger partial charge in [0.15, 0.2) is 5.96 Å². The number of benzene rings is 3. The zero-order chi connectivity index (χ0) is 20.6. The predicted octanol–water partition coefficient (Wildman–Crippen LogP) is 3.67. The number of nitrogens with zero attached hydrogens (tertiary/aromatic N) is 1. The van der Waals surface area contributed by atoms with Crippen molar-refractivity contribution in [2.45, 2.75) is 19.4 Å². The molecule has 150 valence electrons. The van der Waals surface area contributed by atoms with E-state index in [1.807, 2.05) is 24.3 Å². The van der Waals surface area contributed by atoms with Crippen molar-refractivity contribution >= 4 is 22.6 Å².